The summed E-state index contributed by atoms with van der Waals surface area (Å²) in [4.78, 5) is 11.0. The van der Waals surface area contributed by atoms with Crippen molar-refractivity contribution in [2.24, 2.45) is 22.6 Å². The lowest BCUT2D eigenvalue weighted by Gasteiger charge is -1.92. The van der Waals surface area contributed by atoms with Crippen LogP contribution in [0, 0.1) is 5.92 Å². The maximum atomic E-state index is 11.0. The fourth-order valence-corrected chi connectivity index (χ4v) is 1.56. The van der Waals surface area contributed by atoms with Gasteiger partial charge in [0.15, 0.2) is 5.84 Å². The lowest BCUT2D eigenvalue weighted by Crippen LogP contribution is -2.27. The van der Waals surface area contributed by atoms with E-state index < -0.39 is 0 Å². The van der Waals surface area contributed by atoms with E-state index in [1.54, 1.807) is 0 Å². The van der Waals surface area contributed by atoms with Gasteiger partial charge in [-0.05, 0) is 6.42 Å². The SMILES string of the molecule is N/N=C(\N)C(=O)C1CC1I. The molecule has 0 aliphatic heterocycles. The monoisotopic (exact) mass is 253 g/mol. The second-order valence-corrected chi connectivity index (χ2v) is 3.84. The van der Waals surface area contributed by atoms with E-state index in [0.717, 1.165) is 6.42 Å². The number of halogens is 1. The number of amidine groups is 1. The van der Waals surface area contributed by atoms with Crippen molar-refractivity contribution in [3.63, 3.8) is 0 Å². The highest BCUT2D eigenvalue weighted by Crippen LogP contribution is 2.38. The van der Waals surface area contributed by atoms with Crippen LogP contribution in [0.2, 0.25) is 0 Å². The Morgan fingerprint density at radius 3 is 2.50 bits per heavy atom. The molecular formula is C5H8IN3O. The van der Waals surface area contributed by atoms with Crippen LogP contribution < -0.4 is 11.6 Å². The van der Waals surface area contributed by atoms with Crippen LogP contribution in [0.3, 0.4) is 0 Å². The summed E-state index contributed by atoms with van der Waals surface area (Å²) in [6.45, 7) is 0. The van der Waals surface area contributed by atoms with Crippen molar-refractivity contribution in [1.29, 1.82) is 0 Å². The van der Waals surface area contributed by atoms with Crippen molar-refractivity contribution in [3.8, 4) is 0 Å². The first kappa shape index (κ1) is 7.77. The minimum absolute atomic E-state index is 0.0517. The molecule has 10 heavy (non-hydrogen) atoms. The van der Waals surface area contributed by atoms with E-state index in [1.807, 2.05) is 0 Å². The Hall–Kier alpha value is -0.330. The van der Waals surface area contributed by atoms with E-state index in [-0.39, 0.29) is 17.5 Å². The second kappa shape index (κ2) is 2.73. The number of alkyl halides is 1. The van der Waals surface area contributed by atoms with Gasteiger partial charge in [-0.15, -0.1) is 0 Å². The Labute approximate surface area is 72.2 Å². The van der Waals surface area contributed by atoms with Crippen molar-refractivity contribution in [2.75, 3.05) is 0 Å². The Morgan fingerprint density at radius 1 is 1.70 bits per heavy atom. The van der Waals surface area contributed by atoms with Gasteiger partial charge in [0, 0.05) is 9.84 Å². The molecule has 1 rings (SSSR count). The predicted octanol–water partition coefficient (Wildman–Crippen LogP) is -0.390. The van der Waals surface area contributed by atoms with Gasteiger partial charge in [-0.3, -0.25) is 4.79 Å². The third kappa shape index (κ3) is 1.39. The number of Topliss-reactive ketones (excluding diaryl/α,β-unsaturated/α-hetero) is 1. The highest BCUT2D eigenvalue weighted by Gasteiger charge is 2.42. The number of nitrogens with two attached hydrogens (primary N) is 2. The predicted molar refractivity (Wildman–Crippen MR) is 46.7 cm³/mol. The third-order valence-corrected chi connectivity index (χ3v) is 2.82. The highest BCUT2D eigenvalue weighted by molar-refractivity contribution is 14.1. The van der Waals surface area contributed by atoms with Crippen molar-refractivity contribution in [3.05, 3.63) is 0 Å². The van der Waals surface area contributed by atoms with Gasteiger partial charge in [0.25, 0.3) is 0 Å². The maximum Gasteiger partial charge on any atom is 0.203 e. The third-order valence-electron chi connectivity index (χ3n) is 1.44. The van der Waals surface area contributed by atoms with Crippen molar-refractivity contribution in [2.45, 2.75) is 10.3 Å². The van der Waals surface area contributed by atoms with Gasteiger partial charge in [-0.2, -0.15) is 5.10 Å². The Bertz CT molecular complexity index is 191. The molecule has 1 fully saturated rings. The Morgan fingerprint density at radius 2 is 2.20 bits per heavy atom. The smallest absolute Gasteiger partial charge is 0.203 e. The first-order chi connectivity index (χ1) is 4.66. The maximum absolute atomic E-state index is 11.0. The average molecular weight is 253 g/mol. The Balaban J connectivity index is 2.51. The van der Waals surface area contributed by atoms with Crippen LogP contribution in [0.4, 0.5) is 0 Å². The van der Waals surface area contributed by atoms with Crippen LogP contribution in [0.15, 0.2) is 5.10 Å². The van der Waals surface area contributed by atoms with Crippen molar-refractivity contribution in [1.82, 2.24) is 0 Å². The van der Waals surface area contributed by atoms with E-state index in [4.69, 9.17) is 11.6 Å². The minimum Gasteiger partial charge on any atom is -0.379 e. The molecule has 4 N–H and O–H groups in total. The summed E-state index contributed by atoms with van der Waals surface area (Å²) in [6.07, 6.45) is 0.912. The van der Waals surface area contributed by atoms with Crippen LogP contribution in [-0.4, -0.2) is 15.5 Å². The zero-order valence-corrected chi connectivity index (χ0v) is 7.41. The van der Waals surface area contributed by atoms with Gasteiger partial charge in [0.05, 0.1) is 0 Å². The quantitative estimate of drug-likeness (QED) is 0.175. The number of nitrogens with zero attached hydrogens (tertiary/aromatic N) is 1. The summed E-state index contributed by atoms with van der Waals surface area (Å²) in [5, 5.41) is 3.13. The lowest BCUT2D eigenvalue weighted by molar-refractivity contribution is -0.114. The van der Waals surface area contributed by atoms with Crippen LogP contribution in [0.5, 0.6) is 0 Å². The molecule has 0 radical (unpaired) electrons. The standard InChI is InChI=1S/C5H8IN3O/c6-3-1-2(3)4(10)5(7)9-8/h2-3H,1,8H2,(H2,7,9). The lowest BCUT2D eigenvalue weighted by atomic mass is 10.2. The summed E-state index contributed by atoms with van der Waals surface area (Å²) in [5.41, 5.74) is 5.19. The molecule has 2 unspecified atom stereocenters. The van der Waals surface area contributed by atoms with E-state index in [9.17, 15) is 4.79 Å². The molecule has 0 spiro atoms. The number of hydrogen-bond acceptors (Lipinski definition) is 3. The first-order valence-electron chi connectivity index (χ1n) is 2.88. The molecule has 0 bridgehead atoms. The van der Waals surface area contributed by atoms with Crippen LogP contribution >= 0.6 is 22.6 Å². The molecule has 1 saturated carbocycles. The van der Waals surface area contributed by atoms with Gasteiger partial charge < -0.3 is 11.6 Å². The summed E-state index contributed by atoms with van der Waals surface area (Å²) in [6, 6.07) is 0. The molecule has 56 valence electrons. The molecule has 1 aliphatic carbocycles. The first-order valence-corrected chi connectivity index (χ1v) is 4.13. The van der Waals surface area contributed by atoms with E-state index in [0.29, 0.717) is 3.92 Å². The zero-order chi connectivity index (χ0) is 7.72. The summed E-state index contributed by atoms with van der Waals surface area (Å²) in [5.74, 6) is 4.74. The second-order valence-electron chi connectivity index (χ2n) is 2.24. The zero-order valence-electron chi connectivity index (χ0n) is 5.25. The molecule has 2 atom stereocenters. The highest BCUT2D eigenvalue weighted by atomic mass is 127. The number of carbonyl (C=O) groups is 1. The fourth-order valence-electron chi connectivity index (χ4n) is 0.689. The van der Waals surface area contributed by atoms with E-state index in [2.05, 4.69) is 27.7 Å². The molecule has 1 aliphatic rings. The van der Waals surface area contributed by atoms with Gasteiger partial charge >= 0.3 is 0 Å². The largest absolute Gasteiger partial charge is 0.379 e. The van der Waals surface area contributed by atoms with Crippen LogP contribution in [-0.2, 0) is 4.79 Å². The van der Waals surface area contributed by atoms with Gasteiger partial charge in [0.2, 0.25) is 5.78 Å². The van der Waals surface area contributed by atoms with Crippen LogP contribution in [0.25, 0.3) is 0 Å². The van der Waals surface area contributed by atoms with Crippen molar-refractivity contribution < 1.29 is 4.79 Å². The van der Waals surface area contributed by atoms with E-state index >= 15 is 0 Å². The fraction of sp³-hybridized carbons (Fsp3) is 0.600. The number of carbonyl (C=O) groups excluding carboxylic acids is 1. The molecule has 0 amide bonds. The molecule has 0 aromatic heterocycles. The molecular weight excluding hydrogens is 245 g/mol. The molecule has 4 nitrogen and oxygen atoms in total. The topological polar surface area (TPSA) is 81.5 Å². The number of hydrogen-bond donors (Lipinski definition) is 2. The van der Waals surface area contributed by atoms with Gasteiger partial charge in [-0.1, -0.05) is 22.6 Å². The minimum atomic E-state index is -0.109. The number of hydrazone groups is 1. The average Bonchev–Trinajstić information content (AvgIpc) is 2.63. The summed E-state index contributed by atoms with van der Waals surface area (Å²) in [7, 11) is 0. The summed E-state index contributed by atoms with van der Waals surface area (Å²) < 4.78 is 0.436. The normalized spacial score (nSPS) is 31.9. The molecule has 0 aromatic carbocycles. The van der Waals surface area contributed by atoms with Crippen LogP contribution in [0.1, 0.15) is 6.42 Å². The van der Waals surface area contributed by atoms with Gasteiger partial charge in [0.1, 0.15) is 0 Å². The number of ketones is 1. The molecule has 0 aromatic rings. The molecule has 0 heterocycles. The van der Waals surface area contributed by atoms with Gasteiger partial charge in [-0.25, -0.2) is 0 Å². The molecule has 5 heteroatoms. The van der Waals surface area contributed by atoms with E-state index in [1.165, 1.54) is 0 Å². The number of rotatable bonds is 2. The molecule has 0 saturated heterocycles. The Kier molecular flexibility index (Phi) is 2.12. The summed E-state index contributed by atoms with van der Waals surface area (Å²) >= 11 is 2.21. The van der Waals surface area contributed by atoms with Crippen molar-refractivity contribution >= 4 is 34.2 Å².